The molecule has 0 aromatic heterocycles. The second-order valence-electron chi connectivity index (χ2n) is 3.21. The maximum atomic E-state index is 10.4. The van der Waals surface area contributed by atoms with Gasteiger partial charge in [-0.1, -0.05) is 6.58 Å². The van der Waals surface area contributed by atoms with Gasteiger partial charge >= 0.3 is 0 Å². The van der Waals surface area contributed by atoms with Gasteiger partial charge in [-0.15, -0.1) is 0 Å². The van der Waals surface area contributed by atoms with E-state index >= 15 is 0 Å². The molecular weight excluding hydrogens is 152 g/mol. The van der Waals surface area contributed by atoms with Gasteiger partial charge in [-0.25, -0.2) is 0 Å². The smallest absolute Gasteiger partial charge is 0.243 e. The first-order chi connectivity index (χ1) is 5.40. The molecule has 0 fully saturated rings. The Labute approximate surface area is 75.4 Å². The number of hydrogen-bond donors (Lipinski definition) is 1. The van der Waals surface area contributed by atoms with Crippen LogP contribution in [0, 0.1) is 0 Å². The monoisotopic (exact) mass is 172 g/mol. The fourth-order valence-corrected chi connectivity index (χ4v) is 0.343. The third kappa shape index (κ3) is 22.9. The van der Waals surface area contributed by atoms with E-state index in [1.165, 1.54) is 6.08 Å². The summed E-state index contributed by atoms with van der Waals surface area (Å²) in [7, 11) is 6.00. The Morgan fingerprint density at radius 1 is 1.42 bits per heavy atom. The first-order valence-corrected chi connectivity index (χ1v) is 3.94. The zero-order valence-electron chi connectivity index (χ0n) is 8.72. The van der Waals surface area contributed by atoms with E-state index in [1.807, 2.05) is 39.9 Å². The highest BCUT2D eigenvalue weighted by Gasteiger charge is 1.93. The number of rotatable bonds is 2. The van der Waals surface area contributed by atoms with Gasteiger partial charge in [-0.05, 0) is 41.1 Å². The quantitative estimate of drug-likeness (QED) is 0.627. The van der Waals surface area contributed by atoms with E-state index in [0.717, 1.165) is 0 Å². The molecule has 0 spiro atoms. The number of nitrogens with zero attached hydrogens (tertiary/aromatic N) is 1. The lowest BCUT2D eigenvalue weighted by Gasteiger charge is -2.02. The second-order valence-corrected chi connectivity index (χ2v) is 3.21. The van der Waals surface area contributed by atoms with Gasteiger partial charge in [0, 0.05) is 6.04 Å². The Kier molecular flexibility index (Phi) is 9.47. The van der Waals surface area contributed by atoms with Crippen molar-refractivity contribution in [1.29, 1.82) is 0 Å². The van der Waals surface area contributed by atoms with Crippen LogP contribution >= 0.6 is 0 Å². The second kappa shape index (κ2) is 8.27. The molecule has 72 valence electrons. The van der Waals surface area contributed by atoms with Crippen LogP contribution in [0.25, 0.3) is 0 Å². The fourth-order valence-electron chi connectivity index (χ4n) is 0.343. The van der Waals surface area contributed by atoms with E-state index in [9.17, 15) is 4.79 Å². The van der Waals surface area contributed by atoms with Crippen LogP contribution in [0.2, 0.25) is 0 Å². The molecule has 0 atom stereocenters. The minimum atomic E-state index is -0.111. The predicted octanol–water partition coefficient (Wildman–Crippen LogP) is 0.875. The van der Waals surface area contributed by atoms with Crippen LogP contribution in [0.4, 0.5) is 0 Å². The van der Waals surface area contributed by atoms with Crippen LogP contribution in [-0.4, -0.2) is 38.0 Å². The summed E-state index contributed by atoms with van der Waals surface area (Å²) in [5.74, 6) is -0.111. The van der Waals surface area contributed by atoms with Crippen molar-refractivity contribution in [3.05, 3.63) is 12.7 Å². The first kappa shape index (κ1) is 13.7. The molecule has 1 N–H and O–H groups in total. The van der Waals surface area contributed by atoms with E-state index in [2.05, 4.69) is 11.9 Å². The third-order valence-electron chi connectivity index (χ3n) is 0.616. The molecule has 12 heavy (non-hydrogen) atoms. The summed E-state index contributed by atoms with van der Waals surface area (Å²) in [6.07, 6.45) is 1.26. The van der Waals surface area contributed by atoms with Crippen LogP contribution in [0.15, 0.2) is 12.7 Å². The highest BCUT2D eigenvalue weighted by molar-refractivity contribution is 5.86. The third-order valence-corrected chi connectivity index (χ3v) is 0.616. The van der Waals surface area contributed by atoms with E-state index in [0.29, 0.717) is 0 Å². The lowest BCUT2D eigenvalue weighted by atomic mass is 10.4. The molecular formula is C9H20N2O. The molecule has 0 aliphatic carbocycles. The van der Waals surface area contributed by atoms with E-state index < -0.39 is 0 Å². The van der Waals surface area contributed by atoms with Gasteiger partial charge in [0.05, 0.1) is 0 Å². The van der Waals surface area contributed by atoms with Crippen molar-refractivity contribution in [2.24, 2.45) is 0 Å². The lowest BCUT2D eigenvalue weighted by Crippen LogP contribution is -2.27. The number of carbonyl (C=O) groups excluding carboxylic acids is 1. The summed E-state index contributed by atoms with van der Waals surface area (Å²) in [4.78, 5) is 12.4. The summed E-state index contributed by atoms with van der Waals surface area (Å²) >= 11 is 0. The van der Waals surface area contributed by atoms with E-state index in [-0.39, 0.29) is 11.9 Å². The number of carbonyl (C=O) groups is 1. The van der Waals surface area contributed by atoms with Gasteiger partial charge in [-0.2, -0.15) is 0 Å². The molecule has 0 aliphatic rings. The van der Waals surface area contributed by atoms with Crippen molar-refractivity contribution in [1.82, 2.24) is 10.2 Å². The van der Waals surface area contributed by atoms with Crippen molar-refractivity contribution < 1.29 is 4.79 Å². The minimum Gasteiger partial charge on any atom is -0.350 e. The summed E-state index contributed by atoms with van der Waals surface area (Å²) < 4.78 is 0. The largest absolute Gasteiger partial charge is 0.350 e. The van der Waals surface area contributed by atoms with Crippen molar-refractivity contribution in [2.75, 3.05) is 21.1 Å². The molecule has 0 saturated carbocycles. The Hall–Kier alpha value is -0.830. The Morgan fingerprint density at radius 3 is 1.83 bits per heavy atom. The normalized spacial score (nSPS) is 8.92. The standard InChI is InChI=1S/C6H11NO.C3H9N/c1-4-6(8)7-5(2)3;1-4(2)3/h4-5H,1H2,2-3H3,(H,7,8);1-3H3. The number of nitrogens with one attached hydrogen (secondary N) is 1. The molecule has 0 bridgehead atoms. The van der Waals surface area contributed by atoms with Crippen LogP contribution in [0.3, 0.4) is 0 Å². The van der Waals surface area contributed by atoms with Crippen LogP contribution in [0.1, 0.15) is 13.8 Å². The highest BCUT2D eigenvalue weighted by atomic mass is 16.1. The molecule has 0 aliphatic heterocycles. The predicted molar refractivity (Wildman–Crippen MR) is 53.1 cm³/mol. The molecule has 3 heteroatoms. The molecule has 1 amide bonds. The fraction of sp³-hybridized carbons (Fsp3) is 0.667. The summed E-state index contributed by atoms with van der Waals surface area (Å²) in [6.45, 7) is 7.11. The van der Waals surface area contributed by atoms with Gasteiger partial charge < -0.3 is 10.2 Å². The van der Waals surface area contributed by atoms with Crippen LogP contribution in [-0.2, 0) is 4.79 Å². The first-order valence-electron chi connectivity index (χ1n) is 3.94. The van der Waals surface area contributed by atoms with Gasteiger partial charge in [0.15, 0.2) is 0 Å². The maximum Gasteiger partial charge on any atom is 0.243 e. The molecule has 0 unspecified atom stereocenters. The Balaban J connectivity index is 0. The average molecular weight is 172 g/mol. The zero-order chi connectivity index (χ0) is 10.1. The summed E-state index contributed by atoms with van der Waals surface area (Å²) in [5, 5.41) is 2.64. The SMILES string of the molecule is C=CC(=O)NC(C)C.CN(C)C. The summed E-state index contributed by atoms with van der Waals surface area (Å²) in [6, 6.07) is 0.209. The van der Waals surface area contributed by atoms with Crippen molar-refractivity contribution in [3.8, 4) is 0 Å². The average Bonchev–Trinajstić information content (AvgIpc) is 1.84. The lowest BCUT2D eigenvalue weighted by molar-refractivity contribution is -0.116. The number of hydrogen-bond acceptors (Lipinski definition) is 2. The van der Waals surface area contributed by atoms with E-state index in [1.54, 1.807) is 0 Å². The molecule has 0 saturated heterocycles. The summed E-state index contributed by atoms with van der Waals surface area (Å²) in [5.41, 5.74) is 0. The molecule has 0 rings (SSSR count). The van der Waals surface area contributed by atoms with Crippen molar-refractivity contribution in [3.63, 3.8) is 0 Å². The highest BCUT2D eigenvalue weighted by Crippen LogP contribution is 1.75. The van der Waals surface area contributed by atoms with E-state index in [4.69, 9.17) is 0 Å². The molecule has 0 radical (unpaired) electrons. The van der Waals surface area contributed by atoms with Gasteiger partial charge in [0.2, 0.25) is 5.91 Å². The van der Waals surface area contributed by atoms with Crippen molar-refractivity contribution >= 4 is 5.91 Å². The Morgan fingerprint density at radius 2 is 1.75 bits per heavy atom. The number of amides is 1. The van der Waals surface area contributed by atoms with Gasteiger partial charge in [-0.3, -0.25) is 4.79 Å². The molecule has 0 aromatic rings. The topological polar surface area (TPSA) is 32.3 Å². The van der Waals surface area contributed by atoms with Gasteiger partial charge in [0.25, 0.3) is 0 Å². The maximum absolute atomic E-state index is 10.4. The minimum absolute atomic E-state index is 0.111. The van der Waals surface area contributed by atoms with Crippen molar-refractivity contribution in [2.45, 2.75) is 19.9 Å². The van der Waals surface area contributed by atoms with Crippen LogP contribution < -0.4 is 5.32 Å². The van der Waals surface area contributed by atoms with Gasteiger partial charge in [0.1, 0.15) is 0 Å². The zero-order valence-corrected chi connectivity index (χ0v) is 8.72. The Bertz CT molecular complexity index is 128. The van der Waals surface area contributed by atoms with Crippen LogP contribution in [0.5, 0.6) is 0 Å². The molecule has 0 heterocycles. The molecule has 3 nitrogen and oxygen atoms in total. The molecule has 0 aromatic carbocycles.